The number of nitrogens with one attached hydrogen (secondary N) is 1. The number of nitro groups is 1. The summed E-state index contributed by atoms with van der Waals surface area (Å²) < 4.78 is 2.09. The lowest BCUT2D eigenvalue weighted by Crippen LogP contribution is -2.27. The molecule has 1 N–H and O–H groups in total. The molecule has 1 aromatic carbocycles. The highest BCUT2D eigenvalue weighted by atomic mass is 16.6. The quantitative estimate of drug-likeness (QED) is 0.553. The third-order valence-corrected chi connectivity index (χ3v) is 3.89. The molecule has 3 aromatic rings. The molecule has 0 saturated carbocycles. The van der Waals surface area contributed by atoms with Gasteiger partial charge in [0.25, 0.3) is 5.69 Å². The Morgan fingerprint density at radius 3 is 2.32 bits per heavy atom. The van der Waals surface area contributed by atoms with Gasteiger partial charge < -0.3 is 5.32 Å². The number of pyridine rings is 1. The molecule has 0 spiro atoms. The Kier molecular flexibility index (Phi) is 3.99. The number of hydrogen-bond acceptors (Lipinski definition) is 4. The number of imidazole rings is 1. The maximum absolute atomic E-state index is 10.9. The molecule has 0 saturated heterocycles. The monoisotopic (exact) mass is 338 g/mol. The number of non-ortho nitro benzene ring substituents is 1. The number of nitro benzene ring substituents is 1. The number of rotatable bonds is 3. The molecule has 2 aromatic heterocycles. The molecule has 0 radical (unpaired) electrons. The molecule has 25 heavy (non-hydrogen) atoms. The third-order valence-electron chi connectivity index (χ3n) is 3.89. The van der Waals surface area contributed by atoms with Crippen molar-refractivity contribution in [3.63, 3.8) is 0 Å². The van der Waals surface area contributed by atoms with Gasteiger partial charge in [-0.3, -0.25) is 14.5 Å². The van der Waals surface area contributed by atoms with Gasteiger partial charge in [0.15, 0.2) is 0 Å². The molecule has 0 aliphatic rings. The first-order valence-electron chi connectivity index (χ1n) is 8.18. The minimum atomic E-state index is -0.394. The van der Waals surface area contributed by atoms with E-state index >= 15 is 0 Å². The van der Waals surface area contributed by atoms with Gasteiger partial charge in [-0.05, 0) is 64.4 Å². The van der Waals surface area contributed by atoms with E-state index in [1.165, 1.54) is 12.1 Å². The molecular formula is C19H22N4O2. The first-order chi connectivity index (χ1) is 11.7. The van der Waals surface area contributed by atoms with Crippen LogP contribution in [0.4, 0.5) is 11.5 Å². The van der Waals surface area contributed by atoms with Crippen LogP contribution in [0, 0.1) is 24.0 Å². The standard InChI is InChI=1S/C19H22N4O2/c1-12-10-13(2)22-16(11-12)20-17(18(22)21-19(3,4)5)14-6-8-15(9-7-14)23(24)25/h6-11,21H,1-5H3. The number of benzene rings is 1. The summed E-state index contributed by atoms with van der Waals surface area (Å²) in [6.07, 6.45) is 0. The van der Waals surface area contributed by atoms with Gasteiger partial charge in [0, 0.05) is 28.9 Å². The fourth-order valence-electron chi connectivity index (χ4n) is 2.94. The molecule has 6 nitrogen and oxygen atoms in total. The van der Waals surface area contributed by atoms with Gasteiger partial charge in [-0.2, -0.15) is 0 Å². The van der Waals surface area contributed by atoms with Crippen molar-refractivity contribution in [3.05, 3.63) is 57.8 Å². The molecule has 0 aliphatic carbocycles. The van der Waals surface area contributed by atoms with Crippen molar-refractivity contribution in [2.75, 3.05) is 5.32 Å². The van der Waals surface area contributed by atoms with Crippen LogP contribution < -0.4 is 5.32 Å². The number of fused-ring (bicyclic) bond motifs is 1. The lowest BCUT2D eigenvalue weighted by molar-refractivity contribution is -0.384. The van der Waals surface area contributed by atoms with Crippen molar-refractivity contribution in [1.29, 1.82) is 0 Å². The van der Waals surface area contributed by atoms with Crippen LogP contribution in [0.3, 0.4) is 0 Å². The highest BCUT2D eigenvalue weighted by Crippen LogP contribution is 2.33. The highest BCUT2D eigenvalue weighted by Gasteiger charge is 2.21. The topological polar surface area (TPSA) is 72.5 Å². The predicted octanol–water partition coefficient (Wildman–Crippen LogP) is 4.74. The Morgan fingerprint density at radius 2 is 1.76 bits per heavy atom. The Hall–Kier alpha value is -2.89. The molecule has 0 fully saturated rings. The smallest absolute Gasteiger partial charge is 0.269 e. The molecule has 130 valence electrons. The minimum absolute atomic E-state index is 0.0740. The van der Waals surface area contributed by atoms with E-state index in [-0.39, 0.29) is 11.2 Å². The zero-order chi connectivity index (χ0) is 18.4. The summed E-state index contributed by atoms with van der Waals surface area (Å²) in [5.74, 6) is 0.897. The zero-order valence-electron chi connectivity index (χ0n) is 15.1. The van der Waals surface area contributed by atoms with Gasteiger partial charge in [0.05, 0.1) is 4.92 Å². The Balaban J connectivity index is 2.24. The van der Waals surface area contributed by atoms with Gasteiger partial charge in [0.1, 0.15) is 17.2 Å². The Morgan fingerprint density at radius 1 is 1.12 bits per heavy atom. The fourth-order valence-corrected chi connectivity index (χ4v) is 2.94. The summed E-state index contributed by atoms with van der Waals surface area (Å²) in [6, 6.07) is 10.7. The zero-order valence-corrected chi connectivity index (χ0v) is 15.1. The van der Waals surface area contributed by atoms with E-state index in [2.05, 4.69) is 43.5 Å². The normalized spacial score (nSPS) is 11.7. The summed E-state index contributed by atoms with van der Waals surface area (Å²) in [6.45, 7) is 10.4. The summed E-state index contributed by atoms with van der Waals surface area (Å²) >= 11 is 0. The van der Waals surface area contributed by atoms with E-state index in [1.807, 2.05) is 13.0 Å². The third kappa shape index (κ3) is 3.33. The summed E-state index contributed by atoms with van der Waals surface area (Å²) in [5, 5.41) is 14.4. The lowest BCUT2D eigenvalue weighted by atomic mass is 10.1. The second-order valence-corrected chi connectivity index (χ2v) is 7.36. The van der Waals surface area contributed by atoms with Crippen molar-refractivity contribution >= 4 is 17.2 Å². The average molecular weight is 338 g/mol. The molecule has 0 bridgehead atoms. The molecule has 3 rings (SSSR count). The number of nitrogens with zero attached hydrogens (tertiary/aromatic N) is 3. The van der Waals surface area contributed by atoms with Crippen LogP contribution in [0.25, 0.3) is 16.9 Å². The van der Waals surface area contributed by atoms with Crippen molar-refractivity contribution in [2.24, 2.45) is 0 Å². The first kappa shape index (κ1) is 17.0. The second kappa shape index (κ2) is 5.88. The van der Waals surface area contributed by atoms with Crippen LogP contribution in [-0.2, 0) is 0 Å². The second-order valence-electron chi connectivity index (χ2n) is 7.36. The number of anilines is 1. The average Bonchev–Trinajstić information content (AvgIpc) is 2.83. The summed E-state index contributed by atoms with van der Waals surface area (Å²) in [4.78, 5) is 15.3. The maximum Gasteiger partial charge on any atom is 0.269 e. The molecular weight excluding hydrogens is 316 g/mol. The SMILES string of the molecule is Cc1cc(C)n2c(NC(C)(C)C)c(-c3ccc([N+](=O)[O-])cc3)nc2c1. The van der Waals surface area contributed by atoms with Crippen molar-refractivity contribution in [2.45, 2.75) is 40.2 Å². The largest absolute Gasteiger partial charge is 0.365 e. The van der Waals surface area contributed by atoms with Gasteiger partial charge in [-0.25, -0.2) is 4.98 Å². The molecule has 6 heteroatoms. The number of aromatic nitrogens is 2. The van der Waals surface area contributed by atoms with E-state index in [9.17, 15) is 10.1 Å². The van der Waals surface area contributed by atoms with Crippen LogP contribution in [-0.4, -0.2) is 19.8 Å². The van der Waals surface area contributed by atoms with Crippen molar-refractivity contribution < 1.29 is 4.92 Å². The molecule has 0 aliphatic heterocycles. The Labute approximate surface area is 146 Å². The highest BCUT2D eigenvalue weighted by molar-refractivity contribution is 5.78. The van der Waals surface area contributed by atoms with E-state index in [1.54, 1.807) is 12.1 Å². The van der Waals surface area contributed by atoms with Crippen molar-refractivity contribution in [3.8, 4) is 11.3 Å². The summed E-state index contributed by atoms with van der Waals surface area (Å²) in [7, 11) is 0. The number of hydrogen-bond donors (Lipinski definition) is 1. The van der Waals surface area contributed by atoms with E-state index in [0.717, 1.165) is 34.0 Å². The van der Waals surface area contributed by atoms with E-state index < -0.39 is 4.92 Å². The van der Waals surface area contributed by atoms with Crippen LogP contribution in [0.15, 0.2) is 36.4 Å². The maximum atomic E-state index is 10.9. The van der Waals surface area contributed by atoms with Crippen LogP contribution in [0.5, 0.6) is 0 Å². The van der Waals surface area contributed by atoms with Gasteiger partial charge in [-0.15, -0.1) is 0 Å². The number of aryl methyl sites for hydroxylation is 2. The van der Waals surface area contributed by atoms with Crippen molar-refractivity contribution in [1.82, 2.24) is 9.38 Å². The first-order valence-corrected chi connectivity index (χ1v) is 8.18. The minimum Gasteiger partial charge on any atom is -0.365 e. The molecule has 0 amide bonds. The van der Waals surface area contributed by atoms with E-state index in [0.29, 0.717) is 0 Å². The van der Waals surface area contributed by atoms with Gasteiger partial charge in [0.2, 0.25) is 0 Å². The molecule has 0 unspecified atom stereocenters. The Bertz CT molecular complexity index is 950. The molecule has 2 heterocycles. The van der Waals surface area contributed by atoms with Crippen LogP contribution in [0.2, 0.25) is 0 Å². The lowest BCUT2D eigenvalue weighted by Gasteiger charge is -2.23. The van der Waals surface area contributed by atoms with Crippen LogP contribution in [0.1, 0.15) is 32.0 Å². The van der Waals surface area contributed by atoms with Gasteiger partial charge in [-0.1, -0.05) is 0 Å². The van der Waals surface area contributed by atoms with Crippen LogP contribution >= 0.6 is 0 Å². The molecule has 0 atom stereocenters. The fraction of sp³-hybridized carbons (Fsp3) is 0.316. The van der Waals surface area contributed by atoms with E-state index in [4.69, 9.17) is 4.98 Å². The predicted molar refractivity (Wildman–Crippen MR) is 100 cm³/mol. The summed E-state index contributed by atoms with van der Waals surface area (Å²) in [5.41, 5.74) is 4.65. The van der Waals surface area contributed by atoms with Gasteiger partial charge >= 0.3 is 0 Å².